The summed E-state index contributed by atoms with van der Waals surface area (Å²) in [6.45, 7) is 0. The Balaban J connectivity index is 1.97. The minimum absolute atomic E-state index is 0.852. The van der Waals surface area contributed by atoms with Crippen LogP contribution < -0.4 is 4.74 Å². The van der Waals surface area contributed by atoms with Crippen LogP contribution in [0.4, 0.5) is 0 Å². The van der Waals surface area contributed by atoms with Crippen molar-refractivity contribution in [3.8, 4) is 22.7 Å². The highest BCUT2D eigenvalue weighted by Gasteiger charge is 2.03. The Kier molecular flexibility index (Phi) is 3.02. The third-order valence-corrected chi connectivity index (χ3v) is 3.00. The van der Waals surface area contributed by atoms with Gasteiger partial charge >= 0.3 is 0 Å². The minimum Gasteiger partial charge on any atom is -0.497 e. The molecule has 0 saturated heterocycles. The van der Waals surface area contributed by atoms with Gasteiger partial charge in [-0.05, 0) is 30.3 Å². The molecule has 0 N–H and O–H groups in total. The molecule has 0 unspecified atom stereocenters. The molecule has 0 atom stereocenters. The van der Waals surface area contributed by atoms with E-state index in [1.165, 1.54) is 0 Å². The van der Waals surface area contributed by atoms with Gasteiger partial charge in [0.25, 0.3) is 0 Å². The number of methoxy groups -OCH3 is 1. The molecule has 0 spiro atoms. The minimum atomic E-state index is 0.852. The standard InChI is InChI=1S/C16H14N2O/c1-19-15-6-4-5-14(11-15)18-10-8-13(12-18)16-7-2-3-9-17-16/h2-12H,1H3. The molecule has 0 bridgehead atoms. The molecule has 0 aliphatic heterocycles. The zero-order valence-electron chi connectivity index (χ0n) is 10.7. The molecule has 0 radical (unpaired) electrons. The van der Waals surface area contributed by atoms with Crippen LogP contribution >= 0.6 is 0 Å². The van der Waals surface area contributed by atoms with Crippen LogP contribution in [-0.2, 0) is 0 Å². The fraction of sp³-hybridized carbons (Fsp3) is 0.0625. The topological polar surface area (TPSA) is 27.1 Å². The quantitative estimate of drug-likeness (QED) is 0.710. The Labute approximate surface area is 112 Å². The first kappa shape index (κ1) is 11.5. The van der Waals surface area contributed by atoms with E-state index < -0.39 is 0 Å². The Bertz CT molecular complexity index is 674. The largest absolute Gasteiger partial charge is 0.497 e. The lowest BCUT2D eigenvalue weighted by molar-refractivity contribution is 0.414. The van der Waals surface area contributed by atoms with E-state index in [2.05, 4.69) is 21.8 Å². The van der Waals surface area contributed by atoms with E-state index in [-0.39, 0.29) is 0 Å². The van der Waals surface area contributed by atoms with Gasteiger partial charge in [-0.15, -0.1) is 0 Å². The number of pyridine rings is 1. The summed E-state index contributed by atoms with van der Waals surface area (Å²) in [5.74, 6) is 0.852. The average molecular weight is 250 g/mol. The lowest BCUT2D eigenvalue weighted by Gasteiger charge is -2.05. The van der Waals surface area contributed by atoms with Gasteiger partial charge in [-0.1, -0.05) is 12.1 Å². The molecule has 0 aliphatic carbocycles. The molecule has 0 fully saturated rings. The summed E-state index contributed by atoms with van der Waals surface area (Å²) in [6.07, 6.45) is 5.90. The van der Waals surface area contributed by atoms with Gasteiger partial charge in [0.15, 0.2) is 0 Å². The maximum atomic E-state index is 5.24. The molecule has 0 aliphatic rings. The fourth-order valence-electron chi connectivity index (χ4n) is 2.01. The molecule has 3 heteroatoms. The molecule has 0 saturated carbocycles. The molecule has 94 valence electrons. The van der Waals surface area contributed by atoms with Gasteiger partial charge in [-0.2, -0.15) is 0 Å². The summed E-state index contributed by atoms with van der Waals surface area (Å²) in [7, 11) is 1.67. The summed E-state index contributed by atoms with van der Waals surface area (Å²) < 4.78 is 7.30. The van der Waals surface area contributed by atoms with Crippen molar-refractivity contribution in [3.05, 3.63) is 67.1 Å². The monoisotopic (exact) mass is 250 g/mol. The Hall–Kier alpha value is -2.55. The van der Waals surface area contributed by atoms with Crippen LogP contribution in [0.3, 0.4) is 0 Å². The van der Waals surface area contributed by atoms with E-state index in [1.807, 2.05) is 48.7 Å². The van der Waals surface area contributed by atoms with Crippen molar-refractivity contribution in [2.45, 2.75) is 0 Å². The molecule has 3 aromatic rings. The Morgan fingerprint density at radius 1 is 1.05 bits per heavy atom. The lowest BCUT2D eigenvalue weighted by Crippen LogP contribution is -1.91. The highest BCUT2D eigenvalue weighted by molar-refractivity contribution is 5.59. The number of benzene rings is 1. The number of nitrogens with zero attached hydrogens (tertiary/aromatic N) is 2. The van der Waals surface area contributed by atoms with Crippen molar-refractivity contribution in [2.75, 3.05) is 7.11 Å². The Morgan fingerprint density at radius 2 is 2.00 bits per heavy atom. The molecule has 3 nitrogen and oxygen atoms in total. The van der Waals surface area contributed by atoms with E-state index in [0.29, 0.717) is 0 Å². The van der Waals surface area contributed by atoms with Crippen molar-refractivity contribution >= 4 is 0 Å². The van der Waals surface area contributed by atoms with Gasteiger partial charge < -0.3 is 9.30 Å². The SMILES string of the molecule is COc1cccc(-n2ccc(-c3ccccn3)c2)c1. The summed E-state index contributed by atoms with van der Waals surface area (Å²) in [5.41, 5.74) is 3.15. The van der Waals surface area contributed by atoms with Gasteiger partial charge in [0, 0.05) is 35.9 Å². The van der Waals surface area contributed by atoms with Crippen LogP contribution in [0.1, 0.15) is 0 Å². The van der Waals surface area contributed by atoms with Gasteiger partial charge in [-0.25, -0.2) is 0 Å². The smallest absolute Gasteiger partial charge is 0.120 e. The summed E-state index contributed by atoms with van der Waals surface area (Å²) in [5, 5.41) is 0. The second kappa shape index (κ2) is 4.98. The van der Waals surface area contributed by atoms with Crippen LogP contribution in [0.5, 0.6) is 5.75 Å². The number of hydrogen-bond acceptors (Lipinski definition) is 2. The molecule has 0 amide bonds. The molecule has 3 rings (SSSR count). The van der Waals surface area contributed by atoms with Gasteiger partial charge in [0.05, 0.1) is 12.8 Å². The average Bonchev–Trinajstić information content (AvgIpc) is 2.98. The van der Waals surface area contributed by atoms with E-state index in [1.54, 1.807) is 13.3 Å². The zero-order chi connectivity index (χ0) is 13.1. The number of aromatic nitrogens is 2. The van der Waals surface area contributed by atoms with E-state index in [9.17, 15) is 0 Å². The van der Waals surface area contributed by atoms with E-state index in [4.69, 9.17) is 4.74 Å². The predicted molar refractivity (Wildman–Crippen MR) is 75.6 cm³/mol. The molecule has 1 aromatic carbocycles. The first-order chi connectivity index (χ1) is 9.36. The maximum absolute atomic E-state index is 5.24. The molecule has 2 aromatic heterocycles. The normalized spacial score (nSPS) is 10.4. The van der Waals surface area contributed by atoms with Crippen molar-refractivity contribution < 1.29 is 4.74 Å². The van der Waals surface area contributed by atoms with Crippen LogP contribution in [0, 0.1) is 0 Å². The predicted octanol–water partition coefficient (Wildman–Crippen LogP) is 3.55. The van der Waals surface area contributed by atoms with E-state index in [0.717, 1.165) is 22.7 Å². The molecular formula is C16H14N2O. The highest BCUT2D eigenvalue weighted by atomic mass is 16.5. The highest BCUT2D eigenvalue weighted by Crippen LogP contribution is 2.21. The van der Waals surface area contributed by atoms with Crippen molar-refractivity contribution in [3.63, 3.8) is 0 Å². The number of rotatable bonds is 3. The van der Waals surface area contributed by atoms with Gasteiger partial charge in [0.1, 0.15) is 5.75 Å². The first-order valence-corrected chi connectivity index (χ1v) is 6.10. The summed E-state index contributed by atoms with van der Waals surface area (Å²) in [4.78, 5) is 4.35. The van der Waals surface area contributed by atoms with Crippen molar-refractivity contribution in [2.24, 2.45) is 0 Å². The zero-order valence-corrected chi connectivity index (χ0v) is 10.7. The van der Waals surface area contributed by atoms with Crippen LogP contribution in [0.25, 0.3) is 16.9 Å². The van der Waals surface area contributed by atoms with Crippen LogP contribution in [-0.4, -0.2) is 16.7 Å². The summed E-state index contributed by atoms with van der Waals surface area (Å²) >= 11 is 0. The summed E-state index contributed by atoms with van der Waals surface area (Å²) in [6, 6.07) is 15.9. The number of hydrogen-bond donors (Lipinski definition) is 0. The molecular weight excluding hydrogens is 236 g/mol. The van der Waals surface area contributed by atoms with E-state index >= 15 is 0 Å². The van der Waals surface area contributed by atoms with Crippen molar-refractivity contribution in [1.29, 1.82) is 0 Å². The van der Waals surface area contributed by atoms with Crippen LogP contribution in [0.2, 0.25) is 0 Å². The fourth-order valence-corrected chi connectivity index (χ4v) is 2.01. The van der Waals surface area contributed by atoms with Gasteiger partial charge in [0.2, 0.25) is 0 Å². The second-order valence-electron chi connectivity index (χ2n) is 4.22. The number of ether oxygens (including phenoxy) is 1. The third kappa shape index (κ3) is 2.36. The lowest BCUT2D eigenvalue weighted by atomic mass is 10.2. The third-order valence-electron chi connectivity index (χ3n) is 3.00. The molecule has 19 heavy (non-hydrogen) atoms. The first-order valence-electron chi connectivity index (χ1n) is 6.10. The van der Waals surface area contributed by atoms with Gasteiger partial charge in [-0.3, -0.25) is 4.98 Å². The van der Waals surface area contributed by atoms with Crippen LogP contribution in [0.15, 0.2) is 67.1 Å². The molecule has 2 heterocycles. The Morgan fingerprint density at radius 3 is 2.79 bits per heavy atom. The van der Waals surface area contributed by atoms with Crippen molar-refractivity contribution in [1.82, 2.24) is 9.55 Å². The second-order valence-corrected chi connectivity index (χ2v) is 4.22. The maximum Gasteiger partial charge on any atom is 0.120 e.